The molecule has 31 heavy (non-hydrogen) atoms. The molecular weight excluding hydrogens is 407 g/mol. The van der Waals surface area contributed by atoms with Crippen LogP contribution in [0.2, 0.25) is 0 Å². The maximum absolute atomic E-state index is 13.6. The number of nitrogens with one attached hydrogen (secondary N) is 3. The summed E-state index contributed by atoms with van der Waals surface area (Å²) in [6, 6.07) is 13.3. The number of rotatable bonds is 8. The van der Waals surface area contributed by atoms with E-state index in [2.05, 4.69) is 21.1 Å². The number of nitrogens with zero attached hydrogens (tertiary/aromatic N) is 1. The van der Waals surface area contributed by atoms with Gasteiger partial charge in [-0.3, -0.25) is 9.59 Å². The predicted octanol–water partition coefficient (Wildman–Crippen LogP) is 3.72. The lowest BCUT2D eigenvalue weighted by molar-refractivity contribution is -0.137. The second-order valence-electron chi connectivity index (χ2n) is 6.47. The fourth-order valence-corrected chi connectivity index (χ4v) is 2.62. The number of urea groups is 1. The quantitative estimate of drug-likeness (QED) is 0.406. The molecule has 3 rings (SSSR count). The van der Waals surface area contributed by atoms with Crippen molar-refractivity contribution in [2.24, 2.45) is 0 Å². The minimum atomic E-state index is -0.932. The highest BCUT2D eigenvalue weighted by Gasteiger charge is 2.14. The van der Waals surface area contributed by atoms with Gasteiger partial charge in [-0.1, -0.05) is 29.4 Å². The summed E-state index contributed by atoms with van der Waals surface area (Å²) in [5.41, 5.74) is 1.59. The van der Waals surface area contributed by atoms with Crippen LogP contribution in [0.1, 0.15) is 23.4 Å². The Bertz CT molecular complexity index is 1080. The zero-order valence-electron chi connectivity index (χ0n) is 16.2. The molecule has 9 nitrogen and oxygen atoms in total. The summed E-state index contributed by atoms with van der Waals surface area (Å²) < 4.78 is 18.6. The Labute approximate surface area is 176 Å². The number of amides is 3. The molecule has 0 radical (unpaired) electrons. The van der Waals surface area contributed by atoms with E-state index in [9.17, 15) is 18.8 Å². The van der Waals surface area contributed by atoms with Crippen LogP contribution in [0, 0.1) is 5.82 Å². The number of anilines is 2. The minimum absolute atomic E-state index is 0.00297. The molecule has 160 valence electrons. The SMILES string of the molecule is O=C(O)CCCNC(=O)c1cc(-c2ccc(NC(=O)Nc3ccccc3F)cc2)no1. The molecule has 0 atom stereocenters. The number of benzene rings is 2. The second-order valence-corrected chi connectivity index (χ2v) is 6.47. The molecule has 0 saturated carbocycles. The van der Waals surface area contributed by atoms with Crippen LogP contribution in [0.4, 0.5) is 20.6 Å². The molecule has 0 aliphatic carbocycles. The third-order valence-corrected chi connectivity index (χ3v) is 4.15. The standard InChI is InChI=1S/C21H19FN4O5/c22-15-4-1-2-5-16(15)25-21(30)24-14-9-7-13(8-10-14)17-12-18(31-26-17)20(29)23-11-3-6-19(27)28/h1-2,4-5,7-10,12H,3,6,11H2,(H,23,29)(H,27,28)(H2,24,25,30). The van der Waals surface area contributed by atoms with E-state index in [0.717, 1.165) is 0 Å². The van der Waals surface area contributed by atoms with Crippen molar-refractivity contribution in [3.63, 3.8) is 0 Å². The highest BCUT2D eigenvalue weighted by molar-refractivity contribution is 6.00. The van der Waals surface area contributed by atoms with Gasteiger partial charge in [0.2, 0.25) is 5.76 Å². The van der Waals surface area contributed by atoms with Crippen LogP contribution < -0.4 is 16.0 Å². The number of carboxylic acid groups (broad SMARTS) is 1. The molecule has 0 saturated heterocycles. The van der Waals surface area contributed by atoms with Crippen molar-refractivity contribution >= 4 is 29.3 Å². The molecule has 0 fully saturated rings. The maximum Gasteiger partial charge on any atom is 0.323 e. The molecule has 0 bridgehead atoms. The van der Waals surface area contributed by atoms with Crippen LogP contribution in [0.3, 0.4) is 0 Å². The summed E-state index contributed by atoms with van der Waals surface area (Å²) in [7, 11) is 0. The molecule has 0 spiro atoms. The lowest BCUT2D eigenvalue weighted by Gasteiger charge is -2.08. The Morgan fingerprint density at radius 1 is 1.03 bits per heavy atom. The number of halogens is 1. The summed E-state index contributed by atoms with van der Waals surface area (Å²) in [6.07, 6.45) is 0.266. The Kier molecular flexibility index (Phi) is 6.94. The van der Waals surface area contributed by atoms with Crippen molar-refractivity contribution in [1.82, 2.24) is 10.5 Å². The molecule has 3 aromatic rings. The Balaban J connectivity index is 1.55. The first-order chi connectivity index (χ1) is 14.9. The van der Waals surface area contributed by atoms with E-state index in [4.69, 9.17) is 9.63 Å². The Morgan fingerprint density at radius 3 is 2.48 bits per heavy atom. The molecule has 10 heteroatoms. The van der Waals surface area contributed by atoms with E-state index < -0.39 is 23.7 Å². The van der Waals surface area contributed by atoms with Crippen molar-refractivity contribution < 1.29 is 28.4 Å². The van der Waals surface area contributed by atoms with Gasteiger partial charge in [0.15, 0.2) is 0 Å². The average molecular weight is 426 g/mol. The zero-order valence-corrected chi connectivity index (χ0v) is 16.2. The topological polar surface area (TPSA) is 134 Å². The van der Waals surface area contributed by atoms with Gasteiger partial charge in [-0.05, 0) is 30.7 Å². The number of aliphatic carboxylic acids is 1. The summed E-state index contributed by atoms with van der Waals surface area (Å²) in [6.45, 7) is 0.205. The first-order valence-electron chi connectivity index (χ1n) is 9.32. The number of hydrogen-bond acceptors (Lipinski definition) is 5. The highest BCUT2D eigenvalue weighted by Crippen LogP contribution is 2.22. The fraction of sp³-hybridized carbons (Fsp3) is 0.143. The average Bonchev–Trinajstić information content (AvgIpc) is 3.23. The lowest BCUT2D eigenvalue weighted by Crippen LogP contribution is -2.24. The normalized spacial score (nSPS) is 10.4. The number of carbonyl (C=O) groups is 3. The molecule has 0 unspecified atom stereocenters. The summed E-state index contributed by atoms with van der Waals surface area (Å²) >= 11 is 0. The maximum atomic E-state index is 13.6. The zero-order chi connectivity index (χ0) is 22.2. The van der Waals surface area contributed by atoms with Crippen molar-refractivity contribution in [2.45, 2.75) is 12.8 Å². The molecule has 0 aliphatic rings. The van der Waals surface area contributed by atoms with Gasteiger partial charge in [0.05, 0.1) is 5.69 Å². The van der Waals surface area contributed by atoms with Crippen LogP contribution in [0.15, 0.2) is 59.1 Å². The molecule has 1 aromatic heterocycles. The van der Waals surface area contributed by atoms with E-state index in [1.807, 2.05) is 0 Å². The van der Waals surface area contributed by atoms with E-state index in [1.165, 1.54) is 24.3 Å². The number of hydrogen-bond donors (Lipinski definition) is 4. The van der Waals surface area contributed by atoms with Crippen LogP contribution in [0.5, 0.6) is 0 Å². The third kappa shape index (κ3) is 6.13. The number of carbonyl (C=O) groups excluding carboxylic acids is 2. The van der Waals surface area contributed by atoms with E-state index in [0.29, 0.717) is 23.4 Å². The highest BCUT2D eigenvalue weighted by atomic mass is 19.1. The van der Waals surface area contributed by atoms with Crippen molar-refractivity contribution in [2.75, 3.05) is 17.2 Å². The molecular formula is C21H19FN4O5. The van der Waals surface area contributed by atoms with Gasteiger partial charge in [-0.25, -0.2) is 9.18 Å². The fourth-order valence-electron chi connectivity index (χ4n) is 2.62. The molecule has 3 amide bonds. The van der Waals surface area contributed by atoms with Crippen LogP contribution in [-0.2, 0) is 4.79 Å². The van der Waals surface area contributed by atoms with Gasteiger partial charge < -0.3 is 25.6 Å². The van der Waals surface area contributed by atoms with Gasteiger partial charge in [-0.2, -0.15) is 0 Å². The first kappa shape index (κ1) is 21.5. The van der Waals surface area contributed by atoms with E-state index in [-0.39, 0.29) is 24.4 Å². The second kappa shape index (κ2) is 10.0. The summed E-state index contributed by atoms with van der Waals surface area (Å²) in [5, 5.41) is 20.0. The van der Waals surface area contributed by atoms with Crippen LogP contribution in [0.25, 0.3) is 11.3 Å². The monoisotopic (exact) mass is 426 g/mol. The van der Waals surface area contributed by atoms with Gasteiger partial charge >= 0.3 is 12.0 Å². The molecule has 4 N–H and O–H groups in total. The van der Waals surface area contributed by atoms with Gasteiger partial charge in [-0.15, -0.1) is 0 Å². The molecule has 0 aliphatic heterocycles. The summed E-state index contributed by atoms with van der Waals surface area (Å²) in [4.78, 5) is 34.5. The number of para-hydroxylation sites is 1. The van der Waals surface area contributed by atoms with Gasteiger partial charge in [0.25, 0.3) is 5.91 Å². The van der Waals surface area contributed by atoms with E-state index >= 15 is 0 Å². The Hall–Kier alpha value is -4.21. The van der Waals surface area contributed by atoms with Crippen LogP contribution >= 0.6 is 0 Å². The number of aromatic nitrogens is 1. The third-order valence-electron chi connectivity index (χ3n) is 4.15. The van der Waals surface area contributed by atoms with E-state index in [1.54, 1.807) is 30.3 Å². The van der Waals surface area contributed by atoms with Crippen molar-refractivity contribution in [1.29, 1.82) is 0 Å². The summed E-state index contributed by atoms with van der Waals surface area (Å²) in [5.74, 6) is -1.97. The molecule has 2 aromatic carbocycles. The predicted molar refractivity (Wildman–Crippen MR) is 110 cm³/mol. The van der Waals surface area contributed by atoms with Gasteiger partial charge in [0, 0.05) is 30.3 Å². The number of carboxylic acids is 1. The van der Waals surface area contributed by atoms with Gasteiger partial charge in [0.1, 0.15) is 11.5 Å². The Morgan fingerprint density at radius 2 is 1.77 bits per heavy atom. The van der Waals surface area contributed by atoms with Crippen LogP contribution in [-0.4, -0.2) is 34.7 Å². The lowest BCUT2D eigenvalue weighted by atomic mass is 10.1. The van der Waals surface area contributed by atoms with Crippen molar-refractivity contribution in [3.05, 3.63) is 66.2 Å². The molecule has 1 heterocycles. The smallest absolute Gasteiger partial charge is 0.323 e. The largest absolute Gasteiger partial charge is 0.481 e. The first-order valence-corrected chi connectivity index (χ1v) is 9.32. The minimum Gasteiger partial charge on any atom is -0.481 e. The van der Waals surface area contributed by atoms with Crippen molar-refractivity contribution in [3.8, 4) is 11.3 Å².